The number of rotatable bonds is 14. The quantitative estimate of drug-likeness (QED) is 0.125. The van der Waals surface area contributed by atoms with Gasteiger partial charge in [0.15, 0.2) is 0 Å². The van der Waals surface area contributed by atoms with E-state index in [1.165, 1.54) is 4.90 Å². The van der Waals surface area contributed by atoms with Gasteiger partial charge in [-0.3, -0.25) is 4.79 Å². The van der Waals surface area contributed by atoms with Gasteiger partial charge in [-0.1, -0.05) is 47.3 Å². The maximum absolute atomic E-state index is 14.7. The number of nitrogens with zero attached hydrogens (tertiary/aromatic N) is 3. The number of unbranched alkanes of at least 4 members (excludes halogenated alkanes) is 1. The number of esters is 1. The number of ether oxygens (including phenoxy) is 4. The highest BCUT2D eigenvalue weighted by molar-refractivity contribution is 5.91. The summed E-state index contributed by atoms with van der Waals surface area (Å²) in [5, 5.41) is 2.86. The molecule has 1 saturated carbocycles. The first-order valence-electron chi connectivity index (χ1n) is 17.7. The molecule has 2 aliphatic rings. The molecule has 2 aromatic rings. The van der Waals surface area contributed by atoms with E-state index in [1.54, 1.807) is 46.1 Å². The topological polar surface area (TPSA) is 129 Å². The molecular formula is C39H56N4O7. The molecule has 1 aromatic carbocycles. The zero-order chi connectivity index (χ0) is 37.0. The van der Waals surface area contributed by atoms with Crippen LogP contribution in [-0.4, -0.2) is 76.4 Å². The Morgan fingerprint density at radius 1 is 1.06 bits per heavy atom. The number of likely N-dealkylation sites (tertiary alicyclic amines) is 1. The molecule has 1 aliphatic heterocycles. The molecule has 2 amide bonds. The first kappa shape index (κ1) is 38.6. The second-order valence-electron chi connectivity index (χ2n) is 16.0. The normalized spacial score (nSPS) is 22.5. The van der Waals surface area contributed by atoms with E-state index in [0.717, 1.165) is 25.7 Å². The molecular weight excluding hydrogens is 636 g/mol. The average molecular weight is 693 g/mol. The number of hydrogen-bond donors (Lipinski definition) is 1. The number of amides is 2. The van der Waals surface area contributed by atoms with Gasteiger partial charge >= 0.3 is 12.1 Å². The lowest BCUT2D eigenvalue weighted by molar-refractivity contribution is -0.165. The summed E-state index contributed by atoms with van der Waals surface area (Å²) < 4.78 is 23.7. The van der Waals surface area contributed by atoms with E-state index in [1.807, 2.05) is 32.9 Å². The van der Waals surface area contributed by atoms with Gasteiger partial charge in [0.25, 0.3) is 0 Å². The molecule has 1 unspecified atom stereocenters. The number of methoxy groups -OCH3 is 1. The van der Waals surface area contributed by atoms with Crippen molar-refractivity contribution in [1.29, 1.82) is 0 Å². The molecule has 4 rings (SSSR count). The highest BCUT2D eigenvalue weighted by atomic mass is 16.6. The van der Waals surface area contributed by atoms with Crippen LogP contribution in [0, 0.1) is 23.2 Å². The number of carbonyl (C=O) groups is 3. The molecule has 274 valence electrons. The number of nitrogens with one attached hydrogen (secondary N) is 1. The Bertz CT molecular complexity index is 1560. The van der Waals surface area contributed by atoms with Crippen LogP contribution < -0.4 is 14.8 Å². The molecule has 0 bridgehead atoms. The summed E-state index contributed by atoms with van der Waals surface area (Å²) in [6.45, 7) is 22.9. The highest BCUT2D eigenvalue weighted by Gasteiger charge is 2.53. The van der Waals surface area contributed by atoms with Crippen molar-refractivity contribution in [1.82, 2.24) is 20.2 Å². The van der Waals surface area contributed by atoms with Gasteiger partial charge in [0.05, 0.1) is 24.7 Å². The molecule has 11 nitrogen and oxygen atoms in total. The fourth-order valence-electron chi connectivity index (χ4n) is 6.54. The average Bonchev–Trinajstić information content (AvgIpc) is 3.66. The molecule has 1 N–H and O–H groups in total. The van der Waals surface area contributed by atoms with Crippen molar-refractivity contribution in [2.24, 2.45) is 23.2 Å². The predicted octanol–water partition coefficient (Wildman–Crippen LogP) is 7.13. The fraction of sp³-hybridized carbons (Fsp3) is 0.615. The van der Waals surface area contributed by atoms with E-state index in [-0.39, 0.29) is 24.4 Å². The van der Waals surface area contributed by atoms with E-state index in [9.17, 15) is 14.4 Å². The SMILES string of the molecule is C=CCCCC1C[C@H]1OC(=O)N[C@H](C(=O)N1C[C@H](Oc2nc3cc(OC)ccc3nc2C=C)[C@@H](CC(C)C)[C@H]1C(=O)OC(C)(C)C)C(C)(C)C. The molecule has 50 heavy (non-hydrogen) atoms. The van der Waals surface area contributed by atoms with Crippen LogP contribution in [0.3, 0.4) is 0 Å². The van der Waals surface area contributed by atoms with Crippen LogP contribution in [0.5, 0.6) is 11.6 Å². The summed E-state index contributed by atoms with van der Waals surface area (Å²) in [5.41, 5.74) is 0.122. The van der Waals surface area contributed by atoms with Crippen molar-refractivity contribution >= 4 is 35.1 Å². The first-order chi connectivity index (χ1) is 23.4. The Labute approximate surface area is 297 Å². The van der Waals surface area contributed by atoms with Crippen LogP contribution in [-0.2, 0) is 19.1 Å². The number of benzene rings is 1. The van der Waals surface area contributed by atoms with Crippen LogP contribution in [0.15, 0.2) is 37.4 Å². The van der Waals surface area contributed by atoms with Crippen molar-refractivity contribution in [3.63, 3.8) is 0 Å². The first-order valence-corrected chi connectivity index (χ1v) is 17.7. The Kier molecular flexibility index (Phi) is 12.2. The molecule has 2 fully saturated rings. The third-order valence-electron chi connectivity index (χ3n) is 9.07. The maximum Gasteiger partial charge on any atom is 0.408 e. The lowest BCUT2D eigenvalue weighted by Gasteiger charge is -2.36. The number of fused-ring (bicyclic) bond motifs is 1. The van der Waals surface area contributed by atoms with E-state index in [0.29, 0.717) is 34.8 Å². The zero-order valence-corrected chi connectivity index (χ0v) is 31.3. The minimum Gasteiger partial charge on any atom is -0.497 e. The second kappa shape index (κ2) is 15.8. The molecule has 0 spiro atoms. The van der Waals surface area contributed by atoms with Crippen LogP contribution in [0.1, 0.15) is 93.2 Å². The molecule has 0 radical (unpaired) electrons. The summed E-state index contributed by atoms with van der Waals surface area (Å²) in [5.74, 6) is -0.0789. The largest absolute Gasteiger partial charge is 0.497 e. The smallest absolute Gasteiger partial charge is 0.408 e. The highest BCUT2D eigenvalue weighted by Crippen LogP contribution is 2.39. The number of allylic oxidation sites excluding steroid dienone is 1. The van der Waals surface area contributed by atoms with Gasteiger partial charge < -0.3 is 29.2 Å². The summed E-state index contributed by atoms with van der Waals surface area (Å²) >= 11 is 0. The summed E-state index contributed by atoms with van der Waals surface area (Å²) in [7, 11) is 1.58. The Morgan fingerprint density at radius 3 is 2.38 bits per heavy atom. The van der Waals surface area contributed by atoms with Crippen molar-refractivity contribution < 1.29 is 33.3 Å². The minimum absolute atomic E-state index is 0.0614. The number of hydrogen-bond acceptors (Lipinski definition) is 9. The van der Waals surface area contributed by atoms with Crippen molar-refractivity contribution in [2.75, 3.05) is 13.7 Å². The van der Waals surface area contributed by atoms with Crippen molar-refractivity contribution in [3.05, 3.63) is 43.1 Å². The number of carbonyl (C=O) groups excluding carboxylic acids is 3. The predicted molar refractivity (Wildman–Crippen MR) is 194 cm³/mol. The third kappa shape index (κ3) is 9.75. The maximum atomic E-state index is 14.7. The van der Waals surface area contributed by atoms with Gasteiger partial charge in [0.2, 0.25) is 11.8 Å². The van der Waals surface area contributed by atoms with Crippen molar-refractivity contribution in [2.45, 2.75) is 117 Å². The molecule has 1 aromatic heterocycles. The van der Waals surface area contributed by atoms with Crippen LogP contribution in [0.4, 0.5) is 4.79 Å². The molecule has 11 heteroatoms. The van der Waals surface area contributed by atoms with Gasteiger partial charge in [0, 0.05) is 12.0 Å². The number of aromatic nitrogens is 2. The second-order valence-corrected chi connectivity index (χ2v) is 16.0. The van der Waals surface area contributed by atoms with E-state index < -0.39 is 53.1 Å². The van der Waals surface area contributed by atoms with E-state index in [2.05, 4.69) is 32.3 Å². The van der Waals surface area contributed by atoms with Crippen LogP contribution >= 0.6 is 0 Å². The Morgan fingerprint density at radius 2 is 1.78 bits per heavy atom. The standard InChI is InChI=1S/C39H56N4O7/c1-12-14-15-16-24-20-30(24)49-37(46)42-33(38(5,6)7)35(44)43-22-31(26(19-23(3)4)32(43)36(45)50-39(8,9)10)48-34-27(13-2)40-28-18-17-25(47-11)21-29(28)41-34/h12-13,17-18,21,23-24,26,30-33H,1-2,14-16,19-20,22H2,3-11H3,(H,42,46)/t24?,26-,30-,31+,32+,33-/m1/s1. The van der Waals surface area contributed by atoms with Gasteiger partial charge in [-0.2, -0.15) is 0 Å². The van der Waals surface area contributed by atoms with E-state index >= 15 is 0 Å². The number of alkyl carbamates (subject to hydrolysis) is 1. The summed E-state index contributed by atoms with van der Waals surface area (Å²) in [4.78, 5) is 53.0. The minimum atomic E-state index is -0.993. The Balaban J connectivity index is 1.67. The van der Waals surface area contributed by atoms with E-state index in [4.69, 9.17) is 28.9 Å². The van der Waals surface area contributed by atoms with Crippen molar-refractivity contribution in [3.8, 4) is 11.6 Å². The third-order valence-corrected chi connectivity index (χ3v) is 9.07. The molecule has 6 atom stereocenters. The van der Waals surface area contributed by atoms with Gasteiger partial charge in [-0.05, 0) is 88.3 Å². The monoisotopic (exact) mass is 692 g/mol. The Hall–Kier alpha value is -4.15. The van der Waals surface area contributed by atoms with Crippen LogP contribution in [0.25, 0.3) is 17.1 Å². The van der Waals surface area contributed by atoms with Gasteiger partial charge in [-0.15, -0.1) is 6.58 Å². The molecule has 1 aliphatic carbocycles. The zero-order valence-electron chi connectivity index (χ0n) is 31.3. The molecule has 2 heterocycles. The fourth-order valence-corrected chi connectivity index (χ4v) is 6.54. The molecule has 1 saturated heterocycles. The van der Waals surface area contributed by atoms with Gasteiger partial charge in [-0.25, -0.2) is 19.6 Å². The summed E-state index contributed by atoms with van der Waals surface area (Å²) in [6, 6.07) is 3.41. The lowest BCUT2D eigenvalue weighted by atomic mass is 9.85. The lowest BCUT2D eigenvalue weighted by Crippen LogP contribution is -2.58. The van der Waals surface area contributed by atoms with Crippen LogP contribution in [0.2, 0.25) is 0 Å². The van der Waals surface area contributed by atoms with Gasteiger partial charge in [0.1, 0.15) is 41.3 Å². The summed E-state index contributed by atoms with van der Waals surface area (Å²) in [6.07, 6.45) is 6.22.